The van der Waals surface area contributed by atoms with Crippen molar-refractivity contribution in [2.24, 2.45) is 0 Å². The van der Waals surface area contributed by atoms with E-state index in [4.69, 9.17) is 4.52 Å². The summed E-state index contributed by atoms with van der Waals surface area (Å²) in [6, 6.07) is 14.6. The van der Waals surface area contributed by atoms with E-state index in [1.165, 1.54) is 0 Å². The number of nitrogens with zero attached hydrogens (tertiary/aromatic N) is 1. The van der Waals surface area contributed by atoms with Gasteiger partial charge in [-0.3, -0.25) is 0 Å². The fourth-order valence-corrected chi connectivity index (χ4v) is 2.60. The molecule has 4 nitrogen and oxygen atoms in total. The minimum absolute atomic E-state index is 0.185. The molecule has 0 radical (unpaired) electrons. The van der Waals surface area contributed by atoms with Gasteiger partial charge < -0.3 is 9.63 Å². The lowest BCUT2D eigenvalue weighted by Gasteiger charge is -2.08. The molecule has 0 saturated heterocycles. The molecule has 24 heavy (non-hydrogen) atoms. The third-order valence-corrected chi connectivity index (χ3v) is 3.69. The largest absolute Gasteiger partial charge is 0.478 e. The minimum Gasteiger partial charge on any atom is -0.478 e. The van der Waals surface area contributed by atoms with Crippen LogP contribution in [0.5, 0.6) is 0 Å². The van der Waals surface area contributed by atoms with Crippen LogP contribution in [0.3, 0.4) is 0 Å². The Morgan fingerprint density at radius 1 is 1.00 bits per heavy atom. The molecule has 118 valence electrons. The third-order valence-electron chi connectivity index (χ3n) is 3.69. The van der Waals surface area contributed by atoms with Crippen LogP contribution in [0.2, 0.25) is 0 Å². The zero-order valence-electron chi connectivity index (χ0n) is 13.3. The van der Waals surface area contributed by atoms with Crippen molar-refractivity contribution in [2.75, 3.05) is 0 Å². The Bertz CT molecular complexity index is 940. The molecule has 3 rings (SSSR count). The van der Waals surface area contributed by atoms with Crippen LogP contribution in [-0.2, 0) is 0 Å². The molecule has 2 aromatic carbocycles. The highest BCUT2D eigenvalue weighted by atomic mass is 16.5. The SMILES string of the molecule is Cc1noc(C)c1-c1c(C#Cc2ccccc2)cccc1C(=O)O. The molecule has 0 aliphatic rings. The number of carbonyl (C=O) groups is 1. The molecule has 0 bridgehead atoms. The number of hydrogen-bond donors (Lipinski definition) is 1. The number of benzene rings is 2. The van der Waals surface area contributed by atoms with Gasteiger partial charge >= 0.3 is 5.97 Å². The number of carboxylic acids is 1. The molecule has 0 saturated carbocycles. The molecule has 0 fully saturated rings. The fraction of sp³-hybridized carbons (Fsp3) is 0.100. The maximum atomic E-state index is 11.7. The van der Waals surface area contributed by atoms with Crippen LogP contribution in [0.15, 0.2) is 53.1 Å². The summed E-state index contributed by atoms with van der Waals surface area (Å²) < 4.78 is 5.21. The number of hydrogen-bond acceptors (Lipinski definition) is 3. The predicted octanol–water partition coefficient (Wildman–Crippen LogP) is 4.06. The number of aromatic carboxylic acids is 1. The number of aryl methyl sites for hydroxylation is 2. The van der Waals surface area contributed by atoms with Crippen molar-refractivity contribution in [1.29, 1.82) is 0 Å². The zero-order chi connectivity index (χ0) is 17.1. The predicted molar refractivity (Wildman–Crippen MR) is 90.8 cm³/mol. The van der Waals surface area contributed by atoms with Crippen molar-refractivity contribution in [1.82, 2.24) is 5.16 Å². The Morgan fingerprint density at radius 3 is 2.38 bits per heavy atom. The summed E-state index contributed by atoms with van der Waals surface area (Å²) in [5, 5.41) is 13.5. The van der Waals surface area contributed by atoms with Gasteiger partial charge in [-0.15, -0.1) is 0 Å². The zero-order valence-corrected chi connectivity index (χ0v) is 13.3. The second kappa shape index (κ2) is 6.43. The van der Waals surface area contributed by atoms with Gasteiger partial charge in [0.1, 0.15) is 5.76 Å². The topological polar surface area (TPSA) is 63.3 Å². The van der Waals surface area contributed by atoms with Crippen molar-refractivity contribution < 1.29 is 14.4 Å². The summed E-state index contributed by atoms with van der Waals surface area (Å²) in [4.78, 5) is 11.7. The molecule has 1 aromatic heterocycles. The van der Waals surface area contributed by atoms with Gasteiger partial charge in [0.25, 0.3) is 0 Å². The van der Waals surface area contributed by atoms with Gasteiger partial charge in [0.2, 0.25) is 0 Å². The van der Waals surface area contributed by atoms with Gasteiger partial charge in [-0.05, 0) is 38.1 Å². The number of aromatic nitrogens is 1. The lowest BCUT2D eigenvalue weighted by molar-refractivity contribution is 0.0697. The number of carboxylic acid groups (broad SMARTS) is 1. The highest BCUT2D eigenvalue weighted by Crippen LogP contribution is 2.32. The molecule has 0 aliphatic heterocycles. The van der Waals surface area contributed by atoms with Gasteiger partial charge in [0, 0.05) is 22.3 Å². The molecular formula is C20H15NO3. The molecule has 0 spiro atoms. The normalized spacial score (nSPS) is 10.1. The first-order valence-electron chi connectivity index (χ1n) is 7.44. The van der Waals surface area contributed by atoms with E-state index in [0.29, 0.717) is 28.1 Å². The molecule has 1 heterocycles. The van der Waals surface area contributed by atoms with Crippen LogP contribution >= 0.6 is 0 Å². The van der Waals surface area contributed by atoms with Crippen LogP contribution in [0.25, 0.3) is 11.1 Å². The van der Waals surface area contributed by atoms with E-state index in [1.807, 2.05) is 36.4 Å². The molecule has 3 aromatic rings. The summed E-state index contributed by atoms with van der Waals surface area (Å²) in [7, 11) is 0. The van der Waals surface area contributed by atoms with E-state index in [-0.39, 0.29) is 5.56 Å². The van der Waals surface area contributed by atoms with Gasteiger partial charge in [-0.25, -0.2) is 4.79 Å². The summed E-state index contributed by atoms with van der Waals surface area (Å²) in [5.41, 5.74) is 3.55. The van der Waals surface area contributed by atoms with Gasteiger partial charge in [0.15, 0.2) is 0 Å². The summed E-state index contributed by atoms with van der Waals surface area (Å²) >= 11 is 0. The summed E-state index contributed by atoms with van der Waals surface area (Å²) in [6.07, 6.45) is 0. The minimum atomic E-state index is -1.01. The maximum absolute atomic E-state index is 11.7. The van der Waals surface area contributed by atoms with Crippen LogP contribution in [-0.4, -0.2) is 16.2 Å². The monoisotopic (exact) mass is 317 g/mol. The van der Waals surface area contributed by atoms with Crippen LogP contribution < -0.4 is 0 Å². The van der Waals surface area contributed by atoms with Gasteiger partial charge in [-0.2, -0.15) is 0 Å². The smallest absolute Gasteiger partial charge is 0.336 e. The van der Waals surface area contributed by atoms with E-state index in [9.17, 15) is 9.90 Å². The maximum Gasteiger partial charge on any atom is 0.336 e. The Morgan fingerprint density at radius 2 is 1.75 bits per heavy atom. The first-order valence-corrected chi connectivity index (χ1v) is 7.44. The molecule has 0 aliphatic carbocycles. The molecule has 0 atom stereocenters. The Labute approximate surface area is 139 Å². The van der Waals surface area contributed by atoms with Gasteiger partial charge in [-0.1, -0.05) is 41.3 Å². The fourth-order valence-electron chi connectivity index (χ4n) is 2.60. The average Bonchev–Trinajstić information content (AvgIpc) is 2.92. The second-order valence-electron chi connectivity index (χ2n) is 5.35. The molecular weight excluding hydrogens is 302 g/mol. The lowest BCUT2D eigenvalue weighted by Crippen LogP contribution is -2.02. The van der Waals surface area contributed by atoms with Crippen LogP contribution in [0.1, 0.15) is 32.9 Å². The van der Waals surface area contributed by atoms with E-state index in [2.05, 4.69) is 17.0 Å². The number of rotatable bonds is 2. The Kier molecular flexibility index (Phi) is 4.17. The highest BCUT2D eigenvalue weighted by molar-refractivity contribution is 5.98. The second-order valence-corrected chi connectivity index (χ2v) is 5.35. The average molecular weight is 317 g/mol. The standard InChI is InChI=1S/C20H15NO3/c1-13-18(14(2)24-21-13)19-16(9-6-10-17(19)20(22)23)12-11-15-7-4-3-5-8-15/h3-10H,1-2H3,(H,22,23). The van der Waals surface area contributed by atoms with Crippen LogP contribution in [0.4, 0.5) is 0 Å². The Hall–Kier alpha value is -3.32. The van der Waals surface area contributed by atoms with Crippen molar-refractivity contribution in [3.05, 3.63) is 76.7 Å². The highest BCUT2D eigenvalue weighted by Gasteiger charge is 2.21. The molecule has 0 unspecified atom stereocenters. The van der Waals surface area contributed by atoms with E-state index >= 15 is 0 Å². The van der Waals surface area contributed by atoms with Crippen LogP contribution in [0, 0.1) is 25.7 Å². The molecule has 4 heteroatoms. The first-order chi connectivity index (χ1) is 11.6. The molecule has 0 amide bonds. The quantitative estimate of drug-likeness (QED) is 0.724. The van der Waals surface area contributed by atoms with Crippen molar-refractivity contribution in [2.45, 2.75) is 13.8 Å². The van der Waals surface area contributed by atoms with Crippen molar-refractivity contribution >= 4 is 5.97 Å². The van der Waals surface area contributed by atoms with Gasteiger partial charge in [0.05, 0.1) is 11.3 Å². The van der Waals surface area contributed by atoms with Crippen molar-refractivity contribution in [3.8, 4) is 23.0 Å². The van der Waals surface area contributed by atoms with Crippen molar-refractivity contribution in [3.63, 3.8) is 0 Å². The molecule has 1 N–H and O–H groups in total. The van der Waals surface area contributed by atoms with E-state index in [1.54, 1.807) is 26.0 Å². The first kappa shape index (κ1) is 15.6. The third kappa shape index (κ3) is 2.92. The summed E-state index contributed by atoms with van der Waals surface area (Å²) in [5.74, 6) is 5.73. The summed E-state index contributed by atoms with van der Waals surface area (Å²) in [6.45, 7) is 3.56. The van der Waals surface area contributed by atoms with E-state index in [0.717, 1.165) is 5.56 Å². The Balaban J connectivity index is 2.23. The lowest BCUT2D eigenvalue weighted by atomic mass is 9.93. The van der Waals surface area contributed by atoms with E-state index < -0.39 is 5.97 Å².